The van der Waals surface area contributed by atoms with E-state index in [9.17, 15) is 4.79 Å². The van der Waals surface area contributed by atoms with Crippen LogP contribution in [0, 0.1) is 20.8 Å². The Hall–Kier alpha value is -2.33. The molecule has 2 aromatic rings. The third-order valence-electron chi connectivity index (χ3n) is 4.04. The molecule has 0 spiro atoms. The van der Waals surface area contributed by atoms with Crippen molar-refractivity contribution in [2.45, 2.75) is 34.3 Å². The third kappa shape index (κ3) is 4.15. The van der Waals surface area contributed by atoms with Crippen LogP contribution >= 0.6 is 0 Å². The zero-order chi connectivity index (χ0) is 17.7. The fraction of sp³-hybridized carbons (Fsp3) is 0.350. The number of hydrogen-bond acceptors (Lipinski definition) is 4. The van der Waals surface area contributed by atoms with E-state index in [0.717, 1.165) is 33.6 Å². The second kappa shape index (κ2) is 7.97. The first-order valence-electron chi connectivity index (χ1n) is 8.10. The summed E-state index contributed by atoms with van der Waals surface area (Å²) in [6.07, 6.45) is 0. The molecule has 0 unspecified atom stereocenters. The van der Waals surface area contributed by atoms with Gasteiger partial charge in [0.15, 0.2) is 0 Å². The van der Waals surface area contributed by atoms with Gasteiger partial charge in [-0.15, -0.1) is 0 Å². The molecule has 4 heteroatoms. The van der Waals surface area contributed by atoms with Crippen molar-refractivity contribution < 1.29 is 14.3 Å². The van der Waals surface area contributed by atoms with Crippen LogP contribution in [0.3, 0.4) is 0 Å². The predicted molar refractivity (Wildman–Crippen MR) is 96.1 cm³/mol. The van der Waals surface area contributed by atoms with Gasteiger partial charge >= 0.3 is 5.97 Å². The number of hydrogen-bond donors (Lipinski definition) is 1. The molecule has 24 heavy (non-hydrogen) atoms. The molecule has 0 saturated carbocycles. The maximum atomic E-state index is 11.1. The van der Waals surface area contributed by atoms with Crippen molar-refractivity contribution in [3.8, 4) is 16.9 Å². The number of aryl methyl sites for hydroxylation is 2. The highest BCUT2D eigenvalue weighted by atomic mass is 16.5. The lowest BCUT2D eigenvalue weighted by molar-refractivity contribution is -0.142. The Morgan fingerprint density at radius 3 is 2.38 bits per heavy atom. The van der Waals surface area contributed by atoms with Crippen molar-refractivity contribution in [2.24, 2.45) is 5.73 Å². The van der Waals surface area contributed by atoms with Gasteiger partial charge in [0.25, 0.3) is 0 Å². The number of nitrogens with two attached hydrogens (primary N) is 1. The highest BCUT2D eigenvalue weighted by molar-refractivity contribution is 5.75. The van der Waals surface area contributed by atoms with E-state index in [1.165, 1.54) is 12.5 Å². The monoisotopic (exact) mass is 327 g/mol. The second-order valence-electron chi connectivity index (χ2n) is 5.94. The second-order valence-corrected chi connectivity index (χ2v) is 5.94. The molecule has 0 aliphatic rings. The van der Waals surface area contributed by atoms with Crippen molar-refractivity contribution in [2.75, 3.05) is 13.2 Å². The molecule has 0 saturated heterocycles. The van der Waals surface area contributed by atoms with Crippen LogP contribution in [0.4, 0.5) is 0 Å². The van der Waals surface area contributed by atoms with Gasteiger partial charge in [-0.25, -0.2) is 0 Å². The fourth-order valence-electron chi connectivity index (χ4n) is 2.90. The van der Waals surface area contributed by atoms with Crippen LogP contribution in [0.1, 0.15) is 29.2 Å². The number of carbonyl (C=O) groups excluding carboxylic acids is 1. The predicted octanol–water partition coefficient (Wildman–Crippen LogP) is 3.68. The first kappa shape index (κ1) is 18.0. The van der Waals surface area contributed by atoms with E-state index in [1.807, 2.05) is 24.3 Å². The summed E-state index contributed by atoms with van der Waals surface area (Å²) in [6.45, 7) is 8.95. The zero-order valence-corrected chi connectivity index (χ0v) is 14.8. The fourth-order valence-corrected chi connectivity index (χ4v) is 2.90. The molecule has 0 aliphatic heterocycles. The highest BCUT2D eigenvalue weighted by Gasteiger charge is 2.13. The third-order valence-corrected chi connectivity index (χ3v) is 4.04. The minimum atomic E-state index is -0.270. The maximum absolute atomic E-state index is 11.1. The largest absolute Gasteiger partial charge is 0.492 e. The van der Waals surface area contributed by atoms with Crippen LogP contribution in [0.25, 0.3) is 11.1 Å². The highest BCUT2D eigenvalue weighted by Crippen LogP contribution is 2.34. The van der Waals surface area contributed by atoms with E-state index >= 15 is 0 Å². The van der Waals surface area contributed by atoms with Crippen LogP contribution < -0.4 is 10.5 Å². The number of carbonyl (C=O) groups is 1. The van der Waals surface area contributed by atoms with Crippen molar-refractivity contribution >= 4 is 5.97 Å². The topological polar surface area (TPSA) is 61.5 Å². The average Bonchev–Trinajstić information content (AvgIpc) is 2.52. The number of rotatable bonds is 6. The minimum Gasteiger partial charge on any atom is -0.492 e. The normalized spacial score (nSPS) is 10.5. The van der Waals surface area contributed by atoms with E-state index in [4.69, 9.17) is 15.2 Å². The van der Waals surface area contributed by atoms with Crippen molar-refractivity contribution in [1.82, 2.24) is 0 Å². The maximum Gasteiger partial charge on any atom is 0.302 e. The van der Waals surface area contributed by atoms with Crippen LogP contribution in [0.2, 0.25) is 0 Å². The summed E-state index contributed by atoms with van der Waals surface area (Å²) in [4.78, 5) is 11.1. The van der Waals surface area contributed by atoms with Gasteiger partial charge in [-0.2, -0.15) is 0 Å². The molecule has 0 aromatic heterocycles. The van der Waals surface area contributed by atoms with Gasteiger partial charge in [0.1, 0.15) is 19.0 Å². The standard InChI is InChI=1S/C20H25NO3/c1-13-10-18(23-9-8-21)11-14(2)20(13)19-7-5-6-17(15(19)3)12-24-16(4)22/h5-7,10-11H,8-9,12,21H2,1-4H3. The number of ether oxygens (including phenoxy) is 2. The summed E-state index contributed by atoms with van der Waals surface area (Å²) in [5.41, 5.74) is 12.3. The molecular formula is C20H25NO3. The molecule has 2 rings (SSSR count). The minimum absolute atomic E-state index is 0.270. The Labute approximate surface area is 143 Å². The Morgan fingerprint density at radius 1 is 1.12 bits per heavy atom. The van der Waals surface area contributed by atoms with Gasteiger partial charge in [0.2, 0.25) is 0 Å². The molecule has 2 aromatic carbocycles. The summed E-state index contributed by atoms with van der Waals surface area (Å²) in [6, 6.07) is 10.2. The van der Waals surface area contributed by atoms with E-state index in [2.05, 4.69) is 26.8 Å². The van der Waals surface area contributed by atoms with Gasteiger partial charge in [0.05, 0.1) is 0 Å². The average molecular weight is 327 g/mol. The number of benzene rings is 2. The van der Waals surface area contributed by atoms with E-state index < -0.39 is 0 Å². The molecule has 0 amide bonds. The smallest absolute Gasteiger partial charge is 0.302 e. The van der Waals surface area contributed by atoms with Crippen molar-refractivity contribution in [3.63, 3.8) is 0 Å². The van der Waals surface area contributed by atoms with Crippen LogP contribution in [0.5, 0.6) is 5.75 Å². The van der Waals surface area contributed by atoms with Crippen LogP contribution in [0.15, 0.2) is 30.3 Å². The van der Waals surface area contributed by atoms with Gasteiger partial charge in [-0.05, 0) is 66.3 Å². The lowest BCUT2D eigenvalue weighted by atomic mass is 9.90. The molecular weight excluding hydrogens is 302 g/mol. The molecule has 4 nitrogen and oxygen atoms in total. The lowest BCUT2D eigenvalue weighted by Gasteiger charge is -2.17. The molecule has 128 valence electrons. The summed E-state index contributed by atoms with van der Waals surface area (Å²) >= 11 is 0. The molecule has 2 N–H and O–H groups in total. The van der Waals surface area contributed by atoms with Gasteiger partial charge in [-0.1, -0.05) is 18.2 Å². The summed E-state index contributed by atoms with van der Waals surface area (Å²) < 4.78 is 10.8. The summed E-state index contributed by atoms with van der Waals surface area (Å²) in [5.74, 6) is 0.571. The zero-order valence-electron chi connectivity index (χ0n) is 14.8. The Kier molecular flexibility index (Phi) is 5.99. The summed E-state index contributed by atoms with van der Waals surface area (Å²) in [5, 5.41) is 0. The lowest BCUT2D eigenvalue weighted by Crippen LogP contribution is -2.10. The molecule has 0 fully saturated rings. The van der Waals surface area contributed by atoms with Crippen molar-refractivity contribution in [1.29, 1.82) is 0 Å². The molecule has 0 radical (unpaired) electrons. The Balaban J connectivity index is 2.41. The first-order chi connectivity index (χ1) is 11.4. The van der Waals surface area contributed by atoms with Crippen LogP contribution in [-0.4, -0.2) is 19.1 Å². The Morgan fingerprint density at radius 2 is 1.79 bits per heavy atom. The Bertz CT molecular complexity index is 715. The van der Waals surface area contributed by atoms with Gasteiger partial charge in [-0.3, -0.25) is 4.79 Å². The van der Waals surface area contributed by atoms with Gasteiger partial charge in [0, 0.05) is 13.5 Å². The molecule has 0 aliphatic carbocycles. The summed E-state index contributed by atoms with van der Waals surface area (Å²) in [7, 11) is 0. The van der Waals surface area contributed by atoms with E-state index in [1.54, 1.807) is 0 Å². The quantitative estimate of drug-likeness (QED) is 0.822. The SMILES string of the molecule is CC(=O)OCc1cccc(-c2c(C)cc(OCCN)cc2C)c1C. The van der Waals surface area contributed by atoms with Crippen molar-refractivity contribution in [3.05, 3.63) is 52.6 Å². The molecule has 0 atom stereocenters. The van der Waals surface area contributed by atoms with E-state index in [-0.39, 0.29) is 5.97 Å². The number of esters is 1. The molecule has 0 bridgehead atoms. The van der Waals surface area contributed by atoms with E-state index in [0.29, 0.717) is 19.8 Å². The van der Waals surface area contributed by atoms with Crippen LogP contribution in [-0.2, 0) is 16.1 Å². The first-order valence-corrected chi connectivity index (χ1v) is 8.10. The molecule has 0 heterocycles. The van der Waals surface area contributed by atoms with Gasteiger partial charge < -0.3 is 15.2 Å².